The zero-order chi connectivity index (χ0) is 12.4. The minimum atomic E-state index is -0.178. The van der Waals surface area contributed by atoms with Crippen molar-refractivity contribution in [3.05, 3.63) is 29.8 Å². The Morgan fingerprint density at radius 1 is 1.22 bits per heavy atom. The standard InChI is InChI=1S/C15H21NO2/c17-14-7-3-2-6-13(14)16-10-12-9-11-5-1-4-8-15(11)18-12/h1,4-5,8,12-14,16-17H,2-3,6-7,9-10H2/t12?,13-,14-/m0/s1. The van der Waals surface area contributed by atoms with E-state index in [2.05, 4.69) is 17.4 Å². The lowest BCUT2D eigenvalue weighted by atomic mass is 9.92. The van der Waals surface area contributed by atoms with E-state index >= 15 is 0 Å². The summed E-state index contributed by atoms with van der Waals surface area (Å²) in [5.74, 6) is 1.02. The lowest BCUT2D eigenvalue weighted by Crippen LogP contribution is -2.45. The molecule has 0 amide bonds. The molecule has 0 spiro atoms. The predicted octanol–water partition coefficient (Wildman–Crippen LogP) is 1.88. The van der Waals surface area contributed by atoms with Gasteiger partial charge in [0.15, 0.2) is 0 Å². The third kappa shape index (κ3) is 2.52. The average molecular weight is 247 g/mol. The number of benzene rings is 1. The second kappa shape index (κ2) is 5.29. The first kappa shape index (κ1) is 12.0. The molecule has 2 N–H and O–H groups in total. The van der Waals surface area contributed by atoms with E-state index in [0.29, 0.717) is 0 Å². The molecule has 18 heavy (non-hydrogen) atoms. The van der Waals surface area contributed by atoms with Crippen LogP contribution in [0.5, 0.6) is 5.75 Å². The first-order valence-electron chi connectivity index (χ1n) is 6.99. The maximum absolute atomic E-state index is 9.91. The molecule has 3 rings (SSSR count). The van der Waals surface area contributed by atoms with Crippen LogP contribution in [-0.2, 0) is 6.42 Å². The van der Waals surface area contributed by atoms with Crippen molar-refractivity contribution in [1.29, 1.82) is 0 Å². The van der Waals surface area contributed by atoms with E-state index in [-0.39, 0.29) is 18.2 Å². The fourth-order valence-electron chi connectivity index (χ4n) is 3.00. The van der Waals surface area contributed by atoms with Gasteiger partial charge in [-0.05, 0) is 24.5 Å². The van der Waals surface area contributed by atoms with Crippen LogP contribution in [0, 0.1) is 0 Å². The summed E-state index contributed by atoms with van der Waals surface area (Å²) in [4.78, 5) is 0. The largest absolute Gasteiger partial charge is 0.488 e. The van der Waals surface area contributed by atoms with Gasteiger partial charge >= 0.3 is 0 Å². The number of para-hydroxylation sites is 1. The topological polar surface area (TPSA) is 41.5 Å². The number of fused-ring (bicyclic) bond motifs is 1. The Balaban J connectivity index is 1.51. The smallest absolute Gasteiger partial charge is 0.123 e. The number of ether oxygens (including phenoxy) is 1. The van der Waals surface area contributed by atoms with Crippen molar-refractivity contribution in [3.8, 4) is 5.75 Å². The van der Waals surface area contributed by atoms with Gasteiger partial charge in [0.05, 0.1) is 6.10 Å². The minimum Gasteiger partial charge on any atom is -0.488 e. The summed E-state index contributed by atoms with van der Waals surface area (Å²) in [6.07, 6.45) is 5.42. The summed E-state index contributed by atoms with van der Waals surface area (Å²) >= 11 is 0. The van der Waals surface area contributed by atoms with E-state index in [1.54, 1.807) is 0 Å². The Morgan fingerprint density at radius 2 is 2.06 bits per heavy atom. The zero-order valence-corrected chi connectivity index (χ0v) is 10.6. The normalized spacial score (nSPS) is 30.8. The molecule has 98 valence electrons. The van der Waals surface area contributed by atoms with Crippen LogP contribution in [0.25, 0.3) is 0 Å². The molecule has 0 saturated heterocycles. The van der Waals surface area contributed by atoms with E-state index in [0.717, 1.165) is 38.0 Å². The molecule has 1 aliphatic carbocycles. The molecule has 1 aliphatic heterocycles. The highest BCUT2D eigenvalue weighted by Gasteiger charge is 2.26. The summed E-state index contributed by atoms with van der Waals surface area (Å²) in [6.45, 7) is 0.830. The second-order valence-corrected chi connectivity index (χ2v) is 5.42. The Kier molecular flexibility index (Phi) is 3.52. The van der Waals surface area contributed by atoms with Gasteiger partial charge in [-0.2, -0.15) is 0 Å². The molecule has 1 aromatic carbocycles. The lowest BCUT2D eigenvalue weighted by molar-refractivity contribution is 0.0846. The number of nitrogens with one attached hydrogen (secondary N) is 1. The quantitative estimate of drug-likeness (QED) is 0.857. The Labute approximate surface area is 108 Å². The van der Waals surface area contributed by atoms with Crippen LogP contribution in [-0.4, -0.2) is 29.9 Å². The van der Waals surface area contributed by atoms with Crippen LogP contribution in [0.3, 0.4) is 0 Å². The van der Waals surface area contributed by atoms with Gasteiger partial charge in [0, 0.05) is 19.0 Å². The Hall–Kier alpha value is -1.06. The molecule has 3 nitrogen and oxygen atoms in total. The summed E-state index contributed by atoms with van der Waals surface area (Å²) < 4.78 is 5.89. The summed E-state index contributed by atoms with van der Waals surface area (Å²) in [7, 11) is 0. The molecule has 1 heterocycles. The lowest BCUT2D eigenvalue weighted by Gasteiger charge is -2.29. The molecule has 1 fully saturated rings. The highest BCUT2D eigenvalue weighted by Crippen LogP contribution is 2.28. The van der Waals surface area contributed by atoms with Crippen LogP contribution in [0.2, 0.25) is 0 Å². The van der Waals surface area contributed by atoms with E-state index in [1.807, 2.05) is 12.1 Å². The summed E-state index contributed by atoms with van der Waals surface area (Å²) in [6, 6.07) is 8.49. The van der Waals surface area contributed by atoms with E-state index in [4.69, 9.17) is 4.74 Å². The summed E-state index contributed by atoms with van der Waals surface area (Å²) in [5, 5.41) is 13.4. The van der Waals surface area contributed by atoms with Crippen molar-refractivity contribution in [2.24, 2.45) is 0 Å². The van der Waals surface area contributed by atoms with Gasteiger partial charge in [-0.3, -0.25) is 0 Å². The number of hydrogen-bond acceptors (Lipinski definition) is 3. The summed E-state index contributed by atoms with van der Waals surface area (Å²) in [5.41, 5.74) is 1.30. The Morgan fingerprint density at radius 3 is 2.89 bits per heavy atom. The van der Waals surface area contributed by atoms with E-state index in [9.17, 15) is 5.11 Å². The predicted molar refractivity (Wildman–Crippen MR) is 70.8 cm³/mol. The van der Waals surface area contributed by atoms with E-state index < -0.39 is 0 Å². The fourth-order valence-corrected chi connectivity index (χ4v) is 3.00. The molecule has 3 atom stereocenters. The first-order chi connectivity index (χ1) is 8.83. The van der Waals surface area contributed by atoms with Crippen molar-refractivity contribution in [3.63, 3.8) is 0 Å². The molecule has 1 aromatic rings. The van der Waals surface area contributed by atoms with Gasteiger partial charge in [-0.1, -0.05) is 31.0 Å². The molecule has 1 unspecified atom stereocenters. The molecule has 1 saturated carbocycles. The molecule has 2 aliphatic rings. The van der Waals surface area contributed by atoms with Crippen LogP contribution >= 0.6 is 0 Å². The number of hydrogen-bond donors (Lipinski definition) is 2. The molecule has 0 aromatic heterocycles. The van der Waals surface area contributed by atoms with Gasteiger partial charge in [-0.15, -0.1) is 0 Å². The van der Waals surface area contributed by atoms with Crippen LogP contribution in [0.1, 0.15) is 31.2 Å². The van der Waals surface area contributed by atoms with Crippen molar-refractivity contribution in [1.82, 2.24) is 5.32 Å². The first-order valence-corrected chi connectivity index (χ1v) is 6.99. The molecule has 0 radical (unpaired) electrons. The highest BCUT2D eigenvalue weighted by atomic mass is 16.5. The molecular weight excluding hydrogens is 226 g/mol. The SMILES string of the molecule is O[C@H]1CCCC[C@@H]1NCC1Cc2ccccc2O1. The van der Waals surface area contributed by atoms with Gasteiger partial charge in [0.2, 0.25) is 0 Å². The van der Waals surface area contributed by atoms with Crippen LogP contribution < -0.4 is 10.1 Å². The number of rotatable bonds is 3. The molecule has 0 bridgehead atoms. The van der Waals surface area contributed by atoms with Gasteiger partial charge in [0.1, 0.15) is 11.9 Å². The maximum atomic E-state index is 9.91. The van der Waals surface area contributed by atoms with Gasteiger partial charge in [0.25, 0.3) is 0 Å². The minimum absolute atomic E-state index is 0.178. The van der Waals surface area contributed by atoms with Gasteiger partial charge in [-0.25, -0.2) is 0 Å². The third-order valence-corrected chi connectivity index (χ3v) is 4.05. The van der Waals surface area contributed by atoms with Crippen molar-refractivity contribution in [2.45, 2.75) is 50.4 Å². The maximum Gasteiger partial charge on any atom is 0.123 e. The number of aliphatic hydroxyl groups excluding tert-OH is 1. The Bertz CT molecular complexity index is 382. The van der Waals surface area contributed by atoms with Crippen LogP contribution in [0.4, 0.5) is 0 Å². The molecular formula is C15H21NO2. The van der Waals surface area contributed by atoms with Crippen molar-refractivity contribution < 1.29 is 9.84 Å². The third-order valence-electron chi connectivity index (χ3n) is 4.05. The monoisotopic (exact) mass is 247 g/mol. The van der Waals surface area contributed by atoms with Crippen molar-refractivity contribution in [2.75, 3.05) is 6.54 Å². The second-order valence-electron chi connectivity index (χ2n) is 5.42. The zero-order valence-electron chi connectivity index (χ0n) is 10.6. The van der Waals surface area contributed by atoms with Crippen LogP contribution in [0.15, 0.2) is 24.3 Å². The average Bonchev–Trinajstić information content (AvgIpc) is 2.80. The highest BCUT2D eigenvalue weighted by molar-refractivity contribution is 5.37. The van der Waals surface area contributed by atoms with E-state index in [1.165, 1.54) is 12.0 Å². The van der Waals surface area contributed by atoms with Gasteiger partial charge < -0.3 is 15.2 Å². The van der Waals surface area contributed by atoms with Crippen molar-refractivity contribution >= 4 is 0 Å². The fraction of sp³-hybridized carbons (Fsp3) is 0.600. The number of aliphatic hydroxyl groups is 1. The molecule has 3 heteroatoms.